The molecule has 0 saturated carbocycles. The normalized spacial score (nSPS) is 15.1. The number of hydrogen-bond donors (Lipinski definition) is 1. The van der Waals surface area contributed by atoms with Crippen LogP contribution < -0.4 is 10.6 Å². The summed E-state index contributed by atoms with van der Waals surface area (Å²) >= 11 is 1.56. The van der Waals surface area contributed by atoms with Crippen LogP contribution in [0.2, 0.25) is 0 Å². The van der Waals surface area contributed by atoms with E-state index in [2.05, 4.69) is 25.1 Å². The van der Waals surface area contributed by atoms with Crippen molar-refractivity contribution in [1.82, 2.24) is 34.3 Å². The molecule has 0 amide bonds. The standard InChI is InChI=1S/C22H21F2N9S/c23-14-3-4-17(16(24)12-14)31-8-5-30(6-9-31)7-10-32-20-15(13-26-32)21-27-19(18-2-1-11-34-18)29-33(21)22(25)28-20/h1-4,11-13H,5-10H2,(H2,25,28). The minimum absolute atomic E-state index is 0.259. The van der Waals surface area contributed by atoms with Crippen molar-refractivity contribution in [2.24, 2.45) is 0 Å². The van der Waals surface area contributed by atoms with Crippen LogP contribution in [0.5, 0.6) is 0 Å². The van der Waals surface area contributed by atoms with E-state index in [0.29, 0.717) is 42.4 Å². The third kappa shape index (κ3) is 3.64. The quantitative estimate of drug-likeness (QED) is 0.413. The van der Waals surface area contributed by atoms with Crippen LogP contribution in [-0.4, -0.2) is 67.0 Å². The first-order chi connectivity index (χ1) is 16.6. The molecule has 1 fully saturated rings. The zero-order valence-corrected chi connectivity index (χ0v) is 18.9. The number of halogens is 2. The van der Waals surface area contributed by atoms with Gasteiger partial charge >= 0.3 is 0 Å². The number of fused-ring (bicyclic) bond motifs is 3. The number of rotatable bonds is 5. The van der Waals surface area contributed by atoms with Gasteiger partial charge in [0, 0.05) is 38.8 Å². The Morgan fingerprint density at radius 2 is 1.85 bits per heavy atom. The summed E-state index contributed by atoms with van der Waals surface area (Å²) in [7, 11) is 0. The van der Waals surface area contributed by atoms with Gasteiger partial charge in [0.2, 0.25) is 5.95 Å². The highest BCUT2D eigenvalue weighted by molar-refractivity contribution is 7.13. The predicted molar refractivity (Wildman–Crippen MR) is 127 cm³/mol. The Morgan fingerprint density at radius 3 is 2.62 bits per heavy atom. The topological polar surface area (TPSA) is 93.4 Å². The highest BCUT2D eigenvalue weighted by Crippen LogP contribution is 2.26. The summed E-state index contributed by atoms with van der Waals surface area (Å²) in [5.41, 5.74) is 7.93. The van der Waals surface area contributed by atoms with Gasteiger partial charge in [-0.1, -0.05) is 6.07 Å². The van der Waals surface area contributed by atoms with Crippen LogP contribution in [0.1, 0.15) is 0 Å². The molecule has 1 saturated heterocycles. The molecule has 0 aliphatic carbocycles. The zero-order valence-electron chi connectivity index (χ0n) is 18.1. The van der Waals surface area contributed by atoms with E-state index >= 15 is 0 Å². The third-order valence-corrected chi connectivity index (χ3v) is 6.96. The Bertz CT molecular complexity index is 1470. The second-order valence-electron chi connectivity index (χ2n) is 8.15. The Kier molecular flexibility index (Phi) is 5.11. The number of aromatic nitrogens is 6. The van der Waals surface area contributed by atoms with Crippen molar-refractivity contribution < 1.29 is 8.78 Å². The molecule has 2 N–H and O–H groups in total. The third-order valence-electron chi connectivity index (χ3n) is 6.09. The largest absolute Gasteiger partial charge is 0.368 e. The molecule has 174 valence electrons. The molecule has 4 aromatic heterocycles. The summed E-state index contributed by atoms with van der Waals surface area (Å²) in [6, 6.07) is 7.65. The van der Waals surface area contributed by atoms with Crippen molar-refractivity contribution >= 4 is 39.7 Å². The second kappa shape index (κ2) is 8.29. The molecular formula is C22H21F2N9S. The van der Waals surface area contributed by atoms with E-state index < -0.39 is 11.6 Å². The van der Waals surface area contributed by atoms with E-state index in [9.17, 15) is 8.78 Å². The van der Waals surface area contributed by atoms with Gasteiger partial charge in [-0.05, 0) is 23.6 Å². The number of hydrogen-bond acceptors (Lipinski definition) is 8. The van der Waals surface area contributed by atoms with Gasteiger partial charge in [0.1, 0.15) is 11.6 Å². The Balaban J connectivity index is 1.17. The second-order valence-corrected chi connectivity index (χ2v) is 9.10. The van der Waals surface area contributed by atoms with Crippen LogP contribution in [-0.2, 0) is 6.54 Å². The molecule has 34 heavy (non-hydrogen) atoms. The van der Waals surface area contributed by atoms with E-state index in [4.69, 9.17) is 5.73 Å². The number of nitrogens with two attached hydrogens (primary N) is 1. The van der Waals surface area contributed by atoms with Gasteiger partial charge in [0.05, 0.1) is 28.7 Å². The zero-order chi connectivity index (χ0) is 23.2. The molecule has 5 aromatic rings. The molecular weight excluding hydrogens is 460 g/mol. The maximum absolute atomic E-state index is 14.1. The first kappa shape index (κ1) is 20.9. The summed E-state index contributed by atoms with van der Waals surface area (Å²) < 4.78 is 30.7. The Labute approximate surface area is 197 Å². The number of thiophene rings is 1. The van der Waals surface area contributed by atoms with E-state index in [0.717, 1.165) is 36.0 Å². The molecule has 12 heteroatoms. The molecule has 0 spiro atoms. The van der Waals surface area contributed by atoms with Crippen LogP contribution in [0.25, 0.3) is 27.4 Å². The smallest absolute Gasteiger partial charge is 0.225 e. The summed E-state index contributed by atoms with van der Waals surface area (Å²) in [4.78, 5) is 14.4. The number of nitrogens with zero attached hydrogens (tertiary/aromatic N) is 8. The van der Waals surface area contributed by atoms with Crippen molar-refractivity contribution in [3.63, 3.8) is 0 Å². The molecule has 1 aliphatic rings. The van der Waals surface area contributed by atoms with Crippen LogP contribution in [0.4, 0.5) is 20.4 Å². The molecule has 0 bridgehead atoms. The molecule has 1 aliphatic heterocycles. The van der Waals surface area contributed by atoms with Crippen molar-refractivity contribution in [1.29, 1.82) is 0 Å². The highest BCUT2D eigenvalue weighted by atomic mass is 32.1. The average Bonchev–Trinajstić information content (AvgIpc) is 3.58. The van der Waals surface area contributed by atoms with Gasteiger partial charge in [-0.15, -0.1) is 16.4 Å². The lowest BCUT2D eigenvalue weighted by Crippen LogP contribution is -2.47. The minimum Gasteiger partial charge on any atom is -0.368 e. The maximum Gasteiger partial charge on any atom is 0.225 e. The van der Waals surface area contributed by atoms with Crippen molar-refractivity contribution in [2.75, 3.05) is 43.4 Å². The van der Waals surface area contributed by atoms with Crippen LogP contribution in [0, 0.1) is 11.6 Å². The molecule has 5 heterocycles. The van der Waals surface area contributed by atoms with Gasteiger partial charge in [-0.2, -0.15) is 14.6 Å². The van der Waals surface area contributed by atoms with Crippen molar-refractivity contribution in [3.8, 4) is 10.7 Å². The summed E-state index contributed by atoms with van der Waals surface area (Å²) in [5.74, 6) is -0.220. The van der Waals surface area contributed by atoms with E-state index in [1.54, 1.807) is 22.0 Å². The lowest BCUT2D eigenvalue weighted by molar-refractivity contribution is 0.245. The molecule has 0 unspecified atom stereocenters. The van der Waals surface area contributed by atoms with Gasteiger partial charge in [0.15, 0.2) is 17.1 Å². The molecule has 1 aromatic carbocycles. The van der Waals surface area contributed by atoms with Crippen molar-refractivity contribution in [2.45, 2.75) is 6.54 Å². The number of nitrogen functional groups attached to an aromatic ring is 1. The fraction of sp³-hybridized carbons (Fsp3) is 0.273. The SMILES string of the molecule is Nc1nc2c(cnn2CCN2CCN(c3ccc(F)cc3F)CC2)c2nc(-c3cccs3)nn12. The van der Waals surface area contributed by atoms with Gasteiger partial charge < -0.3 is 10.6 Å². The number of benzene rings is 1. The van der Waals surface area contributed by atoms with E-state index in [-0.39, 0.29) is 5.95 Å². The van der Waals surface area contributed by atoms with Crippen LogP contribution in [0.15, 0.2) is 41.9 Å². The number of piperazine rings is 1. The summed E-state index contributed by atoms with van der Waals surface area (Å²) in [6.45, 7) is 4.26. The molecule has 9 nitrogen and oxygen atoms in total. The molecule has 6 rings (SSSR count). The first-order valence-electron chi connectivity index (χ1n) is 10.9. The maximum atomic E-state index is 14.1. The summed E-state index contributed by atoms with van der Waals surface area (Å²) in [5, 5.41) is 11.8. The lowest BCUT2D eigenvalue weighted by Gasteiger charge is -2.36. The molecule has 0 atom stereocenters. The van der Waals surface area contributed by atoms with Gasteiger partial charge in [0.25, 0.3) is 0 Å². The Morgan fingerprint density at radius 1 is 1.00 bits per heavy atom. The number of anilines is 2. The van der Waals surface area contributed by atoms with Crippen molar-refractivity contribution in [3.05, 3.63) is 53.5 Å². The fourth-order valence-electron chi connectivity index (χ4n) is 4.32. The highest BCUT2D eigenvalue weighted by Gasteiger charge is 2.21. The van der Waals surface area contributed by atoms with Gasteiger partial charge in [-0.3, -0.25) is 4.90 Å². The minimum atomic E-state index is -0.563. The van der Waals surface area contributed by atoms with E-state index in [1.807, 2.05) is 27.1 Å². The van der Waals surface area contributed by atoms with Crippen LogP contribution in [0.3, 0.4) is 0 Å². The monoisotopic (exact) mass is 481 g/mol. The van der Waals surface area contributed by atoms with Crippen LogP contribution >= 0.6 is 11.3 Å². The Hall–Kier alpha value is -3.64. The fourth-order valence-corrected chi connectivity index (χ4v) is 4.97. The summed E-state index contributed by atoms with van der Waals surface area (Å²) in [6.07, 6.45) is 1.75. The van der Waals surface area contributed by atoms with E-state index in [1.165, 1.54) is 12.1 Å². The predicted octanol–water partition coefficient (Wildman–Crippen LogP) is 2.89. The first-order valence-corrected chi connectivity index (χ1v) is 11.8. The lowest BCUT2D eigenvalue weighted by atomic mass is 10.2. The average molecular weight is 482 g/mol. The molecule has 0 radical (unpaired) electrons. The van der Waals surface area contributed by atoms with Gasteiger partial charge in [-0.25, -0.2) is 18.4 Å².